The fraction of sp³-hybridized carbons (Fsp3) is 0.167. The van der Waals surface area contributed by atoms with Crippen LogP contribution in [0.4, 0.5) is 13.2 Å². The normalized spacial score (nSPS) is 10.4. The number of carbonyl (C=O) groups is 1. The number of methoxy groups -OCH3 is 1. The van der Waals surface area contributed by atoms with E-state index in [1.807, 2.05) is 12.1 Å². The van der Waals surface area contributed by atoms with Crippen LogP contribution in [0, 0.1) is 11.8 Å². The molecule has 0 heterocycles. The summed E-state index contributed by atoms with van der Waals surface area (Å²) < 4.78 is 45.1. The van der Waals surface area contributed by atoms with E-state index in [1.165, 1.54) is 19.2 Å². The second-order valence-corrected chi connectivity index (χ2v) is 4.76. The number of carbonyl (C=O) groups excluding carboxylic acids is 1. The zero-order valence-electron chi connectivity index (χ0n) is 13.2. The molecule has 0 fully saturated rings. The summed E-state index contributed by atoms with van der Waals surface area (Å²) in [6.45, 7) is 0.0810. The van der Waals surface area contributed by atoms with Gasteiger partial charge in [-0.05, 0) is 36.4 Å². The first-order valence-electron chi connectivity index (χ1n) is 7.15. The number of para-hydroxylation sites is 1. The second kappa shape index (κ2) is 8.11. The highest BCUT2D eigenvalue weighted by atomic mass is 19.4. The number of amides is 1. The molecule has 0 aliphatic carbocycles. The van der Waals surface area contributed by atoms with Gasteiger partial charge in [-0.15, -0.1) is 13.2 Å². The van der Waals surface area contributed by atoms with Crippen LogP contribution in [0.1, 0.15) is 15.9 Å². The van der Waals surface area contributed by atoms with Gasteiger partial charge in [0.1, 0.15) is 11.5 Å². The van der Waals surface area contributed by atoms with Gasteiger partial charge in [0.2, 0.25) is 0 Å². The molecule has 2 aromatic rings. The Balaban J connectivity index is 1.92. The van der Waals surface area contributed by atoms with Gasteiger partial charge in [-0.1, -0.05) is 24.0 Å². The van der Waals surface area contributed by atoms with Crippen LogP contribution in [0.2, 0.25) is 0 Å². The van der Waals surface area contributed by atoms with Crippen LogP contribution in [0.15, 0.2) is 48.5 Å². The van der Waals surface area contributed by atoms with Gasteiger partial charge in [0.25, 0.3) is 5.91 Å². The highest BCUT2D eigenvalue weighted by Crippen LogP contribution is 2.22. The summed E-state index contributed by atoms with van der Waals surface area (Å²) in [4.78, 5) is 11.9. The van der Waals surface area contributed by atoms with Crippen molar-refractivity contribution < 1.29 is 27.4 Å². The summed E-state index contributed by atoms with van der Waals surface area (Å²) >= 11 is 0. The predicted molar refractivity (Wildman–Crippen MR) is 85.3 cm³/mol. The third-order valence-corrected chi connectivity index (χ3v) is 3.02. The summed E-state index contributed by atoms with van der Waals surface area (Å²) in [5.41, 5.74) is 0.890. The molecule has 7 heteroatoms. The molecular weight excluding hydrogens is 335 g/mol. The Morgan fingerprint density at radius 3 is 2.44 bits per heavy atom. The molecule has 2 aromatic carbocycles. The third kappa shape index (κ3) is 5.77. The minimum atomic E-state index is -4.77. The zero-order chi connectivity index (χ0) is 18.3. The van der Waals surface area contributed by atoms with Gasteiger partial charge in [-0.3, -0.25) is 4.79 Å². The summed E-state index contributed by atoms with van der Waals surface area (Å²) in [6.07, 6.45) is -4.77. The number of hydrogen-bond acceptors (Lipinski definition) is 3. The van der Waals surface area contributed by atoms with Crippen molar-refractivity contribution in [3.05, 3.63) is 59.7 Å². The zero-order valence-corrected chi connectivity index (χ0v) is 13.2. The molecule has 1 amide bonds. The number of halogens is 3. The van der Waals surface area contributed by atoms with Crippen LogP contribution >= 0.6 is 0 Å². The van der Waals surface area contributed by atoms with Crippen molar-refractivity contribution in [2.75, 3.05) is 13.7 Å². The molecule has 0 aliphatic rings. The van der Waals surface area contributed by atoms with Crippen molar-refractivity contribution in [3.8, 4) is 23.3 Å². The van der Waals surface area contributed by atoms with Crippen molar-refractivity contribution >= 4 is 5.91 Å². The first-order valence-corrected chi connectivity index (χ1v) is 7.15. The van der Waals surface area contributed by atoms with Crippen molar-refractivity contribution in [1.82, 2.24) is 5.32 Å². The fourth-order valence-corrected chi connectivity index (χ4v) is 1.92. The minimum Gasteiger partial charge on any atom is -0.495 e. The highest BCUT2D eigenvalue weighted by molar-refractivity contribution is 5.94. The molecule has 0 saturated heterocycles. The monoisotopic (exact) mass is 349 g/mol. The number of benzene rings is 2. The van der Waals surface area contributed by atoms with Gasteiger partial charge >= 0.3 is 6.36 Å². The molecule has 4 nitrogen and oxygen atoms in total. The Morgan fingerprint density at radius 1 is 1.12 bits per heavy atom. The molecule has 0 spiro atoms. The van der Waals surface area contributed by atoms with E-state index in [0.717, 1.165) is 12.1 Å². The number of nitrogens with one attached hydrogen (secondary N) is 1. The maximum Gasteiger partial charge on any atom is 0.573 e. The summed E-state index contributed by atoms with van der Waals surface area (Å²) in [5.74, 6) is 5.44. The molecular formula is C18H14F3NO3. The lowest BCUT2D eigenvalue weighted by Gasteiger charge is -2.09. The van der Waals surface area contributed by atoms with E-state index in [2.05, 4.69) is 21.9 Å². The quantitative estimate of drug-likeness (QED) is 0.861. The molecule has 0 saturated carbocycles. The summed E-state index contributed by atoms with van der Waals surface area (Å²) in [7, 11) is 1.54. The lowest BCUT2D eigenvalue weighted by molar-refractivity contribution is -0.274. The average Bonchev–Trinajstić information content (AvgIpc) is 2.58. The molecule has 25 heavy (non-hydrogen) atoms. The summed E-state index contributed by atoms with van der Waals surface area (Å²) in [6, 6.07) is 11.8. The van der Waals surface area contributed by atoms with Crippen LogP contribution < -0.4 is 14.8 Å². The number of hydrogen-bond donors (Lipinski definition) is 1. The number of ether oxygens (including phenoxy) is 2. The van der Waals surface area contributed by atoms with Crippen LogP contribution in [-0.4, -0.2) is 25.9 Å². The fourth-order valence-electron chi connectivity index (χ4n) is 1.92. The Labute approximate surface area is 142 Å². The Hall–Kier alpha value is -3.14. The average molecular weight is 349 g/mol. The first kappa shape index (κ1) is 18.2. The van der Waals surface area contributed by atoms with Crippen molar-refractivity contribution in [3.63, 3.8) is 0 Å². The Morgan fingerprint density at radius 2 is 1.80 bits per heavy atom. The Bertz CT molecular complexity index is 790. The van der Waals surface area contributed by atoms with Crippen LogP contribution in [0.25, 0.3) is 0 Å². The van der Waals surface area contributed by atoms with E-state index in [1.54, 1.807) is 12.1 Å². The van der Waals surface area contributed by atoms with Crippen LogP contribution in [0.5, 0.6) is 11.5 Å². The van der Waals surface area contributed by atoms with E-state index in [0.29, 0.717) is 11.3 Å². The molecule has 130 valence electrons. The molecule has 0 atom stereocenters. The van der Waals surface area contributed by atoms with E-state index in [4.69, 9.17) is 4.74 Å². The van der Waals surface area contributed by atoms with Crippen molar-refractivity contribution in [2.24, 2.45) is 0 Å². The number of alkyl halides is 3. The molecule has 0 unspecified atom stereocenters. The smallest absolute Gasteiger partial charge is 0.495 e. The number of rotatable bonds is 4. The minimum absolute atomic E-state index is 0.0810. The van der Waals surface area contributed by atoms with Gasteiger partial charge < -0.3 is 14.8 Å². The van der Waals surface area contributed by atoms with Gasteiger partial charge in [0.15, 0.2) is 0 Å². The van der Waals surface area contributed by atoms with Crippen molar-refractivity contribution in [1.29, 1.82) is 0 Å². The molecule has 1 N–H and O–H groups in total. The van der Waals surface area contributed by atoms with Crippen LogP contribution in [0.3, 0.4) is 0 Å². The van der Waals surface area contributed by atoms with Gasteiger partial charge in [-0.2, -0.15) is 0 Å². The van der Waals surface area contributed by atoms with E-state index in [9.17, 15) is 18.0 Å². The van der Waals surface area contributed by atoms with E-state index < -0.39 is 12.3 Å². The largest absolute Gasteiger partial charge is 0.573 e. The second-order valence-electron chi connectivity index (χ2n) is 4.76. The van der Waals surface area contributed by atoms with Gasteiger partial charge in [0, 0.05) is 5.56 Å². The maximum absolute atomic E-state index is 12.1. The van der Waals surface area contributed by atoms with E-state index >= 15 is 0 Å². The van der Waals surface area contributed by atoms with Crippen molar-refractivity contribution in [2.45, 2.75) is 6.36 Å². The molecule has 0 bridgehead atoms. The third-order valence-electron chi connectivity index (χ3n) is 3.02. The standard InChI is InChI=1S/C18H14F3NO3/c1-24-16-7-3-2-5-13(16)6-4-12-22-17(23)14-8-10-15(11-9-14)25-18(19,20)21/h2-3,5,7-11H,12H2,1H3,(H,22,23). The molecule has 0 radical (unpaired) electrons. The molecule has 0 aromatic heterocycles. The predicted octanol–water partition coefficient (Wildman–Crippen LogP) is 3.38. The summed E-state index contributed by atoms with van der Waals surface area (Å²) in [5, 5.41) is 2.56. The SMILES string of the molecule is COc1ccccc1C#CCNC(=O)c1ccc(OC(F)(F)F)cc1. The van der Waals surface area contributed by atoms with Crippen LogP contribution in [-0.2, 0) is 0 Å². The maximum atomic E-state index is 12.1. The topological polar surface area (TPSA) is 47.6 Å². The molecule has 2 rings (SSSR count). The lowest BCUT2D eigenvalue weighted by atomic mass is 10.2. The van der Waals surface area contributed by atoms with Gasteiger partial charge in [0.05, 0.1) is 19.2 Å². The Kier molecular flexibility index (Phi) is 5.90. The highest BCUT2D eigenvalue weighted by Gasteiger charge is 2.31. The first-order chi connectivity index (χ1) is 11.9. The molecule has 0 aliphatic heterocycles. The van der Waals surface area contributed by atoms with Gasteiger partial charge in [-0.25, -0.2) is 0 Å². The van der Waals surface area contributed by atoms with E-state index in [-0.39, 0.29) is 17.9 Å². The lowest BCUT2D eigenvalue weighted by Crippen LogP contribution is -2.23.